The normalized spacial score (nSPS) is 17.5. The van der Waals surface area contributed by atoms with Gasteiger partial charge in [-0.3, -0.25) is 4.21 Å². The van der Waals surface area contributed by atoms with Crippen LogP contribution in [0.1, 0.15) is 5.69 Å². The van der Waals surface area contributed by atoms with Gasteiger partial charge in [0.15, 0.2) is 0 Å². The van der Waals surface area contributed by atoms with Crippen molar-refractivity contribution >= 4 is 22.6 Å². The number of anilines is 2. The van der Waals surface area contributed by atoms with Crippen LogP contribution in [0.4, 0.5) is 11.8 Å². The molecule has 1 saturated heterocycles. The molecule has 1 aliphatic heterocycles. The fraction of sp³-hybridized carbons (Fsp3) is 0.600. The highest BCUT2D eigenvalue weighted by atomic mass is 32.2. The molecule has 1 fully saturated rings. The van der Waals surface area contributed by atoms with E-state index in [1.807, 2.05) is 20.0 Å². The standard InChI is InChI=1S/C10H16N4OS/c1-8-7-9(13-10(11-2)12-8)14-3-5-16(15)6-4-14/h7H,3-6H2,1-2H3,(H,11,12,13). The average molecular weight is 240 g/mol. The molecule has 1 aliphatic rings. The number of nitrogens with one attached hydrogen (secondary N) is 1. The smallest absolute Gasteiger partial charge is 0.224 e. The molecule has 2 heterocycles. The van der Waals surface area contributed by atoms with E-state index in [2.05, 4.69) is 20.2 Å². The second-order valence-electron chi connectivity index (χ2n) is 3.78. The van der Waals surface area contributed by atoms with Gasteiger partial charge in [0.2, 0.25) is 5.95 Å². The van der Waals surface area contributed by atoms with Crippen LogP contribution in [0.25, 0.3) is 0 Å². The molecule has 1 aromatic rings. The van der Waals surface area contributed by atoms with Crippen LogP contribution < -0.4 is 10.2 Å². The minimum Gasteiger partial charge on any atom is -0.357 e. The van der Waals surface area contributed by atoms with Gasteiger partial charge >= 0.3 is 0 Å². The van der Waals surface area contributed by atoms with E-state index in [-0.39, 0.29) is 0 Å². The molecule has 6 heteroatoms. The van der Waals surface area contributed by atoms with Gasteiger partial charge in [0.1, 0.15) is 5.82 Å². The molecule has 0 saturated carbocycles. The zero-order valence-corrected chi connectivity index (χ0v) is 10.4. The van der Waals surface area contributed by atoms with Crippen LogP contribution in [0, 0.1) is 6.92 Å². The Morgan fingerprint density at radius 3 is 2.69 bits per heavy atom. The van der Waals surface area contributed by atoms with Crippen LogP contribution in [-0.2, 0) is 10.8 Å². The van der Waals surface area contributed by atoms with Crippen LogP contribution in [0.5, 0.6) is 0 Å². The van der Waals surface area contributed by atoms with Gasteiger partial charge < -0.3 is 10.2 Å². The molecule has 5 nitrogen and oxygen atoms in total. The monoisotopic (exact) mass is 240 g/mol. The molecule has 0 unspecified atom stereocenters. The molecule has 0 spiro atoms. The fourth-order valence-electron chi connectivity index (χ4n) is 1.69. The first-order valence-electron chi connectivity index (χ1n) is 5.32. The summed E-state index contributed by atoms with van der Waals surface area (Å²) in [5.74, 6) is 3.03. The molecule has 0 atom stereocenters. The molecular formula is C10H16N4OS. The van der Waals surface area contributed by atoms with E-state index in [1.165, 1.54) is 0 Å². The molecule has 2 rings (SSSR count). The van der Waals surface area contributed by atoms with E-state index < -0.39 is 10.8 Å². The quantitative estimate of drug-likeness (QED) is 0.810. The summed E-state index contributed by atoms with van der Waals surface area (Å²) in [4.78, 5) is 10.8. The van der Waals surface area contributed by atoms with E-state index in [9.17, 15) is 4.21 Å². The number of rotatable bonds is 2. The molecule has 0 amide bonds. The van der Waals surface area contributed by atoms with Crippen molar-refractivity contribution in [3.63, 3.8) is 0 Å². The van der Waals surface area contributed by atoms with Crippen LogP contribution in [0.15, 0.2) is 6.07 Å². The minimum atomic E-state index is -0.648. The Bertz CT molecular complexity index is 400. The lowest BCUT2D eigenvalue weighted by molar-refractivity contribution is 0.672. The lowest BCUT2D eigenvalue weighted by Crippen LogP contribution is -2.38. The molecule has 0 aliphatic carbocycles. The molecule has 1 aromatic heterocycles. The topological polar surface area (TPSA) is 58.1 Å². The lowest BCUT2D eigenvalue weighted by Gasteiger charge is -2.27. The van der Waals surface area contributed by atoms with Crippen LogP contribution in [0.3, 0.4) is 0 Å². The molecular weight excluding hydrogens is 224 g/mol. The van der Waals surface area contributed by atoms with E-state index in [1.54, 1.807) is 0 Å². The summed E-state index contributed by atoms with van der Waals surface area (Å²) in [7, 11) is 1.16. The van der Waals surface area contributed by atoms with Crippen LogP contribution in [0.2, 0.25) is 0 Å². The highest BCUT2D eigenvalue weighted by Gasteiger charge is 2.17. The van der Waals surface area contributed by atoms with Crippen molar-refractivity contribution in [1.29, 1.82) is 0 Å². The Hall–Kier alpha value is -1.17. The number of hydrogen-bond acceptors (Lipinski definition) is 5. The minimum absolute atomic E-state index is 0.640. The molecule has 0 radical (unpaired) electrons. The van der Waals surface area contributed by atoms with Gasteiger partial charge in [-0.2, -0.15) is 4.98 Å². The van der Waals surface area contributed by atoms with Crippen molar-refractivity contribution in [3.05, 3.63) is 11.8 Å². The third-order valence-electron chi connectivity index (χ3n) is 2.57. The largest absolute Gasteiger partial charge is 0.357 e. The second kappa shape index (κ2) is 4.78. The van der Waals surface area contributed by atoms with Gasteiger partial charge in [0.05, 0.1) is 0 Å². The average Bonchev–Trinajstić information content (AvgIpc) is 2.29. The molecule has 16 heavy (non-hydrogen) atoms. The summed E-state index contributed by atoms with van der Waals surface area (Å²) >= 11 is 0. The third-order valence-corrected chi connectivity index (χ3v) is 3.84. The van der Waals surface area contributed by atoms with Gasteiger partial charge in [-0.15, -0.1) is 0 Å². The van der Waals surface area contributed by atoms with Crippen molar-refractivity contribution in [2.45, 2.75) is 6.92 Å². The Balaban J connectivity index is 2.19. The Labute approximate surface area is 97.7 Å². The predicted octanol–water partition coefficient (Wildman–Crippen LogP) is 0.395. The lowest BCUT2D eigenvalue weighted by atomic mass is 10.4. The summed E-state index contributed by atoms with van der Waals surface area (Å²) in [6.45, 7) is 3.58. The van der Waals surface area contributed by atoms with E-state index in [0.29, 0.717) is 5.95 Å². The number of aryl methyl sites for hydroxylation is 1. The maximum atomic E-state index is 11.3. The van der Waals surface area contributed by atoms with E-state index >= 15 is 0 Å². The number of hydrogen-bond donors (Lipinski definition) is 1. The summed E-state index contributed by atoms with van der Waals surface area (Å²) in [5.41, 5.74) is 0.945. The first kappa shape index (κ1) is 11.3. The van der Waals surface area contributed by atoms with Crippen molar-refractivity contribution in [3.8, 4) is 0 Å². The zero-order valence-electron chi connectivity index (χ0n) is 9.56. The zero-order chi connectivity index (χ0) is 11.5. The fourth-order valence-corrected chi connectivity index (χ4v) is 2.74. The highest BCUT2D eigenvalue weighted by molar-refractivity contribution is 7.85. The Morgan fingerprint density at radius 1 is 1.38 bits per heavy atom. The first-order chi connectivity index (χ1) is 7.69. The number of nitrogens with zero attached hydrogens (tertiary/aromatic N) is 3. The van der Waals surface area contributed by atoms with Gasteiger partial charge in [0.25, 0.3) is 0 Å². The van der Waals surface area contributed by atoms with Crippen molar-refractivity contribution in [1.82, 2.24) is 9.97 Å². The first-order valence-corrected chi connectivity index (χ1v) is 6.81. The summed E-state index contributed by atoms with van der Waals surface area (Å²) in [6.07, 6.45) is 0. The molecule has 0 bridgehead atoms. The highest BCUT2D eigenvalue weighted by Crippen LogP contribution is 2.16. The Kier molecular flexibility index (Phi) is 3.38. The summed E-state index contributed by atoms with van der Waals surface area (Å²) in [5, 5.41) is 2.95. The molecule has 0 aromatic carbocycles. The van der Waals surface area contributed by atoms with Crippen LogP contribution >= 0.6 is 0 Å². The van der Waals surface area contributed by atoms with Gasteiger partial charge in [-0.25, -0.2) is 4.98 Å². The Morgan fingerprint density at radius 2 is 2.06 bits per heavy atom. The molecule has 88 valence electrons. The molecule has 1 N–H and O–H groups in total. The summed E-state index contributed by atoms with van der Waals surface area (Å²) < 4.78 is 11.3. The second-order valence-corrected chi connectivity index (χ2v) is 5.47. The van der Waals surface area contributed by atoms with E-state index in [0.717, 1.165) is 36.1 Å². The van der Waals surface area contributed by atoms with Crippen LogP contribution in [-0.4, -0.2) is 45.8 Å². The maximum Gasteiger partial charge on any atom is 0.224 e. The van der Waals surface area contributed by atoms with Gasteiger partial charge in [0, 0.05) is 54.2 Å². The van der Waals surface area contributed by atoms with Crippen molar-refractivity contribution in [2.75, 3.05) is 41.9 Å². The third kappa shape index (κ3) is 2.49. The van der Waals surface area contributed by atoms with Gasteiger partial charge in [-0.1, -0.05) is 0 Å². The SMILES string of the molecule is CNc1nc(C)cc(N2CCS(=O)CC2)n1. The predicted molar refractivity (Wildman–Crippen MR) is 66.4 cm³/mol. The van der Waals surface area contributed by atoms with E-state index in [4.69, 9.17) is 0 Å². The maximum absolute atomic E-state index is 11.3. The summed E-state index contributed by atoms with van der Waals surface area (Å²) in [6, 6.07) is 1.97. The van der Waals surface area contributed by atoms with Gasteiger partial charge in [-0.05, 0) is 6.92 Å². The number of aromatic nitrogens is 2. The van der Waals surface area contributed by atoms with Crippen molar-refractivity contribution < 1.29 is 4.21 Å². The van der Waals surface area contributed by atoms with Crippen molar-refractivity contribution in [2.24, 2.45) is 0 Å².